The van der Waals surface area contributed by atoms with Crippen LogP contribution in [0.3, 0.4) is 0 Å². The number of hydrogen-bond acceptors (Lipinski definition) is 3. The molecule has 122 valence electrons. The van der Waals surface area contributed by atoms with Gasteiger partial charge in [-0.2, -0.15) is 0 Å². The van der Waals surface area contributed by atoms with Gasteiger partial charge in [0.1, 0.15) is 0 Å². The molecule has 3 aromatic carbocycles. The number of aliphatic hydroxyl groups excluding tert-OH is 2. The highest BCUT2D eigenvalue weighted by Gasteiger charge is 2.20. The number of fused-ring (bicyclic) bond motifs is 2. The summed E-state index contributed by atoms with van der Waals surface area (Å²) in [5, 5.41) is 26.8. The summed E-state index contributed by atoms with van der Waals surface area (Å²) in [7, 11) is 0. The number of benzene rings is 3. The van der Waals surface area contributed by atoms with Gasteiger partial charge in [0.15, 0.2) is 0 Å². The van der Waals surface area contributed by atoms with Gasteiger partial charge >= 0.3 is 0 Å². The third kappa shape index (κ3) is 3.82. The van der Waals surface area contributed by atoms with E-state index in [9.17, 15) is 10.2 Å². The van der Waals surface area contributed by atoms with Crippen LogP contribution in [-0.4, -0.2) is 29.0 Å². The summed E-state index contributed by atoms with van der Waals surface area (Å²) in [6.07, 6.45) is 0. The molecule has 3 aromatic rings. The van der Waals surface area contributed by atoms with E-state index in [2.05, 4.69) is 53.8 Å². The SMILES string of the molecule is CC(CO)(CO)NCc1ccc2cc3ccccc3cc2c1.Cl. The van der Waals surface area contributed by atoms with E-state index in [0.29, 0.717) is 6.54 Å². The standard InChI is InChI=1S/C19H21NO2.ClH/c1-19(12-21,13-22)20-11-14-6-7-17-9-15-4-2-3-5-16(15)10-18(17)8-14;/h2-10,20-22H,11-13H2,1H3;1H. The minimum absolute atomic E-state index is 0. The fourth-order valence-corrected chi connectivity index (χ4v) is 2.58. The molecule has 0 aliphatic rings. The zero-order valence-electron chi connectivity index (χ0n) is 13.1. The summed E-state index contributed by atoms with van der Waals surface area (Å²) in [4.78, 5) is 0. The molecule has 0 fully saturated rings. The van der Waals surface area contributed by atoms with Crippen molar-refractivity contribution in [3.63, 3.8) is 0 Å². The lowest BCUT2D eigenvalue weighted by atomic mass is 10.0. The predicted molar refractivity (Wildman–Crippen MR) is 98.1 cm³/mol. The minimum atomic E-state index is -0.654. The molecular formula is C19H22ClNO2. The lowest BCUT2D eigenvalue weighted by Gasteiger charge is -2.26. The maximum absolute atomic E-state index is 9.33. The van der Waals surface area contributed by atoms with Crippen LogP contribution in [-0.2, 0) is 6.54 Å². The van der Waals surface area contributed by atoms with Crippen molar-refractivity contribution in [3.8, 4) is 0 Å². The van der Waals surface area contributed by atoms with Crippen LogP contribution in [0.4, 0.5) is 0 Å². The molecule has 4 heteroatoms. The van der Waals surface area contributed by atoms with Crippen LogP contribution in [0.1, 0.15) is 12.5 Å². The highest BCUT2D eigenvalue weighted by atomic mass is 35.5. The van der Waals surface area contributed by atoms with Crippen molar-refractivity contribution < 1.29 is 10.2 Å². The van der Waals surface area contributed by atoms with Crippen molar-refractivity contribution in [1.82, 2.24) is 5.32 Å². The van der Waals surface area contributed by atoms with Gasteiger partial charge in [0.05, 0.1) is 18.8 Å². The summed E-state index contributed by atoms with van der Waals surface area (Å²) < 4.78 is 0. The van der Waals surface area contributed by atoms with Gasteiger partial charge in [-0.1, -0.05) is 36.4 Å². The monoisotopic (exact) mass is 331 g/mol. The van der Waals surface area contributed by atoms with Crippen molar-refractivity contribution in [1.29, 1.82) is 0 Å². The maximum Gasteiger partial charge on any atom is 0.0633 e. The fraction of sp³-hybridized carbons (Fsp3) is 0.263. The Morgan fingerprint density at radius 1 is 0.826 bits per heavy atom. The third-order valence-electron chi connectivity index (χ3n) is 4.19. The molecular weight excluding hydrogens is 310 g/mol. The second-order valence-electron chi connectivity index (χ2n) is 6.11. The first-order chi connectivity index (χ1) is 10.6. The second kappa shape index (κ2) is 7.28. The maximum atomic E-state index is 9.33. The van der Waals surface area contributed by atoms with Gasteiger partial charge in [0, 0.05) is 6.54 Å². The van der Waals surface area contributed by atoms with E-state index in [1.165, 1.54) is 21.5 Å². The number of rotatable bonds is 5. The Bertz CT molecular complexity index is 800. The first kappa shape index (κ1) is 17.7. The van der Waals surface area contributed by atoms with Gasteiger partial charge in [-0.15, -0.1) is 12.4 Å². The first-order valence-electron chi connectivity index (χ1n) is 7.52. The van der Waals surface area contributed by atoms with Crippen molar-refractivity contribution in [3.05, 3.63) is 60.2 Å². The Labute approximate surface area is 142 Å². The molecule has 0 aliphatic carbocycles. The quantitative estimate of drug-likeness (QED) is 0.629. The van der Waals surface area contributed by atoms with Gasteiger partial charge in [0.25, 0.3) is 0 Å². The highest BCUT2D eigenvalue weighted by molar-refractivity contribution is 5.98. The fourth-order valence-electron chi connectivity index (χ4n) is 2.58. The Morgan fingerprint density at radius 3 is 2.00 bits per heavy atom. The molecule has 3 N–H and O–H groups in total. The van der Waals surface area contributed by atoms with Gasteiger partial charge < -0.3 is 15.5 Å². The van der Waals surface area contributed by atoms with Gasteiger partial charge in [-0.3, -0.25) is 0 Å². The number of nitrogens with one attached hydrogen (secondary N) is 1. The molecule has 0 spiro atoms. The van der Waals surface area contributed by atoms with Gasteiger partial charge in [-0.05, 0) is 52.2 Å². The summed E-state index contributed by atoms with van der Waals surface area (Å²) in [5.74, 6) is 0. The van der Waals surface area contributed by atoms with E-state index in [-0.39, 0.29) is 25.6 Å². The van der Waals surface area contributed by atoms with E-state index >= 15 is 0 Å². The molecule has 0 atom stereocenters. The molecule has 0 saturated heterocycles. The van der Waals surface area contributed by atoms with Crippen molar-refractivity contribution >= 4 is 34.0 Å². The summed E-state index contributed by atoms with van der Waals surface area (Å²) in [6.45, 7) is 2.23. The van der Waals surface area contributed by atoms with Gasteiger partial charge in [0.2, 0.25) is 0 Å². The molecule has 0 radical (unpaired) electrons. The topological polar surface area (TPSA) is 52.5 Å². The Kier molecular flexibility index (Phi) is 5.60. The van der Waals surface area contributed by atoms with E-state index in [1.807, 2.05) is 13.0 Å². The van der Waals surface area contributed by atoms with Crippen LogP contribution in [0.15, 0.2) is 54.6 Å². The van der Waals surface area contributed by atoms with E-state index in [4.69, 9.17) is 0 Å². The summed E-state index contributed by atoms with van der Waals surface area (Å²) in [5.41, 5.74) is 0.481. The van der Waals surface area contributed by atoms with Crippen molar-refractivity contribution in [2.24, 2.45) is 0 Å². The van der Waals surface area contributed by atoms with Crippen LogP contribution >= 0.6 is 12.4 Å². The Balaban J connectivity index is 0.00000192. The van der Waals surface area contributed by atoms with E-state index in [0.717, 1.165) is 5.56 Å². The number of aliphatic hydroxyl groups is 2. The molecule has 0 aromatic heterocycles. The van der Waals surface area contributed by atoms with Crippen LogP contribution in [0.2, 0.25) is 0 Å². The Morgan fingerprint density at radius 2 is 1.39 bits per heavy atom. The highest BCUT2D eigenvalue weighted by Crippen LogP contribution is 2.23. The van der Waals surface area contributed by atoms with E-state index in [1.54, 1.807) is 0 Å². The predicted octanol–water partition coefficient (Wildman–Crippen LogP) is 3.25. The molecule has 0 saturated carbocycles. The third-order valence-corrected chi connectivity index (χ3v) is 4.19. The lowest BCUT2D eigenvalue weighted by molar-refractivity contribution is 0.103. The largest absolute Gasteiger partial charge is 0.394 e. The average Bonchev–Trinajstić information content (AvgIpc) is 2.57. The molecule has 0 heterocycles. The van der Waals surface area contributed by atoms with Crippen LogP contribution in [0.25, 0.3) is 21.5 Å². The molecule has 3 rings (SSSR count). The number of hydrogen-bond donors (Lipinski definition) is 3. The molecule has 0 bridgehead atoms. The minimum Gasteiger partial charge on any atom is -0.394 e. The molecule has 23 heavy (non-hydrogen) atoms. The van der Waals surface area contributed by atoms with E-state index < -0.39 is 5.54 Å². The zero-order chi connectivity index (χ0) is 15.6. The van der Waals surface area contributed by atoms with Crippen LogP contribution < -0.4 is 5.32 Å². The van der Waals surface area contributed by atoms with Crippen molar-refractivity contribution in [2.75, 3.05) is 13.2 Å². The Hall–Kier alpha value is -1.65. The van der Waals surface area contributed by atoms with Crippen LogP contribution in [0.5, 0.6) is 0 Å². The average molecular weight is 332 g/mol. The smallest absolute Gasteiger partial charge is 0.0633 e. The first-order valence-corrected chi connectivity index (χ1v) is 7.52. The zero-order valence-corrected chi connectivity index (χ0v) is 13.9. The van der Waals surface area contributed by atoms with Crippen molar-refractivity contribution in [2.45, 2.75) is 19.0 Å². The molecule has 3 nitrogen and oxygen atoms in total. The summed E-state index contributed by atoms with van der Waals surface area (Å²) in [6, 6.07) is 19.1. The molecule has 0 unspecified atom stereocenters. The van der Waals surface area contributed by atoms with Crippen LogP contribution in [0, 0.1) is 0 Å². The summed E-state index contributed by atoms with van der Waals surface area (Å²) >= 11 is 0. The number of halogens is 1. The molecule has 0 amide bonds. The second-order valence-corrected chi connectivity index (χ2v) is 6.11. The molecule has 0 aliphatic heterocycles. The van der Waals surface area contributed by atoms with Gasteiger partial charge in [-0.25, -0.2) is 0 Å². The lowest BCUT2D eigenvalue weighted by Crippen LogP contribution is -2.48. The normalized spacial score (nSPS) is 11.6.